The van der Waals surface area contributed by atoms with E-state index in [9.17, 15) is 9.59 Å². The monoisotopic (exact) mass is 257 g/mol. The lowest BCUT2D eigenvalue weighted by Gasteiger charge is -2.30. The van der Waals surface area contributed by atoms with Crippen molar-refractivity contribution < 1.29 is 14.7 Å². The van der Waals surface area contributed by atoms with Crippen LogP contribution in [-0.2, 0) is 9.59 Å². The van der Waals surface area contributed by atoms with Crippen LogP contribution in [0.15, 0.2) is 18.2 Å². The van der Waals surface area contributed by atoms with Crippen LogP contribution in [-0.4, -0.2) is 29.6 Å². The van der Waals surface area contributed by atoms with Gasteiger partial charge in [0.15, 0.2) is 0 Å². The zero-order valence-electron chi connectivity index (χ0n) is 9.96. The van der Waals surface area contributed by atoms with Gasteiger partial charge in [-0.2, -0.15) is 5.26 Å². The Hall–Kier alpha value is -2.55. The molecular weight excluding hydrogens is 246 g/mol. The Morgan fingerprint density at radius 1 is 1.53 bits per heavy atom. The third kappa shape index (κ3) is 1.80. The maximum atomic E-state index is 12.0. The van der Waals surface area contributed by atoms with Crippen LogP contribution in [0.1, 0.15) is 12.0 Å². The second-order valence-electron chi connectivity index (χ2n) is 4.71. The van der Waals surface area contributed by atoms with Crippen molar-refractivity contribution in [3.8, 4) is 6.07 Å². The highest BCUT2D eigenvalue weighted by Crippen LogP contribution is 2.42. The number of nitrogens with zero attached hydrogens (tertiary/aromatic N) is 2. The molecule has 6 heteroatoms. The summed E-state index contributed by atoms with van der Waals surface area (Å²) < 4.78 is 0. The Morgan fingerprint density at radius 2 is 2.32 bits per heavy atom. The fourth-order valence-corrected chi connectivity index (χ4v) is 2.44. The second-order valence-corrected chi connectivity index (χ2v) is 4.71. The van der Waals surface area contributed by atoms with Crippen molar-refractivity contribution in [1.29, 1.82) is 5.26 Å². The molecule has 0 aromatic heterocycles. The van der Waals surface area contributed by atoms with Crippen LogP contribution < -0.4 is 10.2 Å². The van der Waals surface area contributed by atoms with Crippen LogP contribution in [0.25, 0.3) is 0 Å². The molecule has 1 saturated carbocycles. The third-order valence-electron chi connectivity index (χ3n) is 3.49. The van der Waals surface area contributed by atoms with E-state index in [2.05, 4.69) is 5.32 Å². The molecule has 1 amide bonds. The van der Waals surface area contributed by atoms with Gasteiger partial charge in [-0.05, 0) is 24.6 Å². The zero-order valence-corrected chi connectivity index (χ0v) is 9.96. The quantitative estimate of drug-likeness (QED) is 0.817. The first kappa shape index (κ1) is 11.5. The molecule has 0 bridgehead atoms. The number of carbonyl (C=O) groups excluding carboxylic acids is 1. The largest absolute Gasteiger partial charge is 0.481 e. The minimum Gasteiger partial charge on any atom is -0.481 e. The van der Waals surface area contributed by atoms with E-state index >= 15 is 0 Å². The molecule has 2 atom stereocenters. The lowest BCUT2D eigenvalue weighted by atomic mass is 10.1. The first-order chi connectivity index (χ1) is 9.11. The Morgan fingerprint density at radius 3 is 2.95 bits per heavy atom. The van der Waals surface area contributed by atoms with Crippen molar-refractivity contribution in [2.45, 2.75) is 12.5 Å². The van der Waals surface area contributed by atoms with Crippen LogP contribution in [0.5, 0.6) is 0 Å². The number of fused-ring (bicyclic) bond motifs is 1. The minimum absolute atomic E-state index is 0.155. The number of carboxylic acids is 1. The molecule has 0 radical (unpaired) electrons. The van der Waals surface area contributed by atoms with Gasteiger partial charge < -0.3 is 15.3 Å². The van der Waals surface area contributed by atoms with Crippen LogP contribution in [0, 0.1) is 17.2 Å². The molecule has 2 unspecified atom stereocenters. The van der Waals surface area contributed by atoms with Gasteiger partial charge >= 0.3 is 5.97 Å². The number of hydrogen-bond acceptors (Lipinski definition) is 4. The number of rotatable bonds is 2. The van der Waals surface area contributed by atoms with E-state index in [0.717, 1.165) is 5.69 Å². The Bertz CT molecular complexity index is 620. The van der Waals surface area contributed by atoms with Gasteiger partial charge in [-0.3, -0.25) is 9.59 Å². The van der Waals surface area contributed by atoms with E-state index in [-0.39, 0.29) is 18.5 Å². The third-order valence-corrected chi connectivity index (χ3v) is 3.49. The number of aliphatic carboxylic acids is 1. The summed E-state index contributed by atoms with van der Waals surface area (Å²) in [4.78, 5) is 24.5. The summed E-state index contributed by atoms with van der Waals surface area (Å²) in [5.74, 6) is -1.54. The summed E-state index contributed by atoms with van der Waals surface area (Å²) in [5, 5.41) is 20.9. The minimum atomic E-state index is -0.880. The van der Waals surface area contributed by atoms with Crippen LogP contribution in [0.3, 0.4) is 0 Å². The van der Waals surface area contributed by atoms with E-state index in [4.69, 9.17) is 10.4 Å². The molecule has 0 spiro atoms. The molecule has 1 fully saturated rings. The number of nitrogens with one attached hydrogen (secondary N) is 1. The van der Waals surface area contributed by atoms with Crippen LogP contribution >= 0.6 is 0 Å². The van der Waals surface area contributed by atoms with Crippen molar-refractivity contribution in [3.05, 3.63) is 23.8 Å². The summed E-state index contributed by atoms with van der Waals surface area (Å²) >= 11 is 0. The van der Waals surface area contributed by atoms with E-state index in [1.807, 2.05) is 6.07 Å². The number of amides is 1. The first-order valence-electron chi connectivity index (χ1n) is 5.94. The van der Waals surface area contributed by atoms with Crippen molar-refractivity contribution in [2.24, 2.45) is 5.92 Å². The Balaban J connectivity index is 2.00. The summed E-state index contributed by atoms with van der Waals surface area (Å²) in [6.07, 6.45) is 0.470. The fourth-order valence-electron chi connectivity index (χ4n) is 2.44. The van der Waals surface area contributed by atoms with Gasteiger partial charge in [-0.1, -0.05) is 0 Å². The van der Waals surface area contributed by atoms with Crippen LogP contribution in [0.4, 0.5) is 11.4 Å². The number of hydrogen-bond donors (Lipinski definition) is 2. The van der Waals surface area contributed by atoms with Crippen molar-refractivity contribution in [3.63, 3.8) is 0 Å². The average molecular weight is 257 g/mol. The molecule has 2 N–H and O–H groups in total. The standard InChI is InChI=1S/C13H11N3O3/c14-5-7-1-2-9-11(3-7)16(12(17)6-15-9)10-4-8(10)13(18)19/h1-3,8,10,15H,4,6H2,(H,18,19). The highest BCUT2D eigenvalue weighted by molar-refractivity contribution is 6.04. The number of carboxylic acid groups (broad SMARTS) is 1. The van der Waals surface area contributed by atoms with Gasteiger partial charge in [0.05, 0.1) is 41.5 Å². The van der Waals surface area contributed by atoms with E-state index < -0.39 is 11.9 Å². The van der Waals surface area contributed by atoms with Gasteiger partial charge in [-0.25, -0.2) is 0 Å². The highest BCUT2D eigenvalue weighted by atomic mass is 16.4. The number of anilines is 2. The van der Waals surface area contributed by atoms with Gasteiger partial charge in [0.25, 0.3) is 0 Å². The predicted octanol–water partition coefficient (Wildman–Crippen LogP) is 0.790. The molecule has 19 heavy (non-hydrogen) atoms. The fraction of sp³-hybridized carbons (Fsp3) is 0.308. The summed E-state index contributed by atoms with van der Waals surface area (Å²) in [6, 6.07) is 6.76. The second kappa shape index (κ2) is 3.99. The zero-order chi connectivity index (χ0) is 13.6. The van der Waals surface area contributed by atoms with E-state index in [0.29, 0.717) is 17.7 Å². The van der Waals surface area contributed by atoms with E-state index in [1.54, 1.807) is 18.2 Å². The Kier molecular flexibility index (Phi) is 2.42. The normalized spacial score (nSPS) is 24.2. The van der Waals surface area contributed by atoms with Gasteiger partial charge in [0.1, 0.15) is 0 Å². The Labute approximate surface area is 109 Å². The van der Waals surface area contributed by atoms with Gasteiger partial charge in [-0.15, -0.1) is 0 Å². The average Bonchev–Trinajstić information content (AvgIpc) is 3.18. The summed E-state index contributed by atoms with van der Waals surface area (Å²) in [7, 11) is 0. The molecule has 1 aliphatic carbocycles. The molecule has 1 aliphatic heterocycles. The SMILES string of the molecule is N#Cc1ccc2c(c1)N(C1CC1C(=O)O)C(=O)CN2. The molecule has 1 heterocycles. The number of benzene rings is 1. The molecule has 3 rings (SSSR count). The molecule has 1 aromatic carbocycles. The molecule has 2 aliphatic rings. The number of carbonyl (C=O) groups is 2. The first-order valence-corrected chi connectivity index (χ1v) is 5.94. The molecule has 0 saturated heterocycles. The maximum absolute atomic E-state index is 12.0. The molecule has 96 valence electrons. The molecule has 1 aromatic rings. The van der Waals surface area contributed by atoms with Crippen molar-refractivity contribution in [1.82, 2.24) is 0 Å². The van der Waals surface area contributed by atoms with Gasteiger partial charge in [0.2, 0.25) is 5.91 Å². The topological polar surface area (TPSA) is 93.4 Å². The highest BCUT2D eigenvalue weighted by Gasteiger charge is 2.50. The lowest BCUT2D eigenvalue weighted by Crippen LogP contribution is -2.42. The summed E-state index contributed by atoms with van der Waals surface area (Å²) in [6.45, 7) is 0.155. The molecule has 6 nitrogen and oxygen atoms in total. The predicted molar refractivity (Wildman–Crippen MR) is 66.7 cm³/mol. The smallest absolute Gasteiger partial charge is 0.308 e. The number of nitriles is 1. The molecular formula is C13H11N3O3. The van der Waals surface area contributed by atoms with Crippen molar-refractivity contribution in [2.75, 3.05) is 16.8 Å². The maximum Gasteiger partial charge on any atom is 0.308 e. The van der Waals surface area contributed by atoms with E-state index in [1.165, 1.54) is 4.90 Å². The van der Waals surface area contributed by atoms with Gasteiger partial charge in [0, 0.05) is 0 Å². The van der Waals surface area contributed by atoms with Crippen LogP contribution in [0.2, 0.25) is 0 Å². The lowest BCUT2D eigenvalue weighted by molar-refractivity contribution is -0.138. The summed E-state index contributed by atoms with van der Waals surface area (Å²) in [5.41, 5.74) is 1.81. The van der Waals surface area contributed by atoms with Crippen molar-refractivity contribution >= 4 is 23.3 Å².